The monoisotopic (exact) mass is 299 g/mol. The molecule has 0 radical (unpaired) electrons. The summed E-state index contributed by atoms with van der Waals surface area (Å²) in [5.41, 5.74) is 3.81. The van der Waals surface area contributed by atoms with Crippen molar-refractivity contribution in [2.75, 3.05) is 5.32 Å². The van der Waals surface area contributed by atoms with Crippen LogP contribution in [0, 0.1) is 13.8 Å². The number of carbonyl (C=O) groups excluding carboxylic acids is 2. The number of aromatic nitrogens is 1. The third-order valence-corrected chi connectivity index (χ3v) is 3.86. The molecule has 114 valence electrons. The molecule has 1 aromatic carbocycles. The van der Waals surface area contributed by atoms with Gasteiger partial charge in [-0.15, -0.1) is 0 Å². The van der Waals surface area contributed by atoms with E-state index in [1.54, 1.807) is 13.8 Å². The number of fused-ring (bicyclic) bond motifs is 1. The molecule has 2 heterocycles. The highest BCUT2D eigenvalue weighted by Gasteiger charge is 2.22. The van der Waals surface area contributed by atoms with Crippen molar-refractivity contribution in [2.24, 2.45) is 0 Å². The van der Waals surface area contributed by atoms with Gasteiger partial charge in [-0.25, -0.2) is 0 Å². The Labute approximate surface area is 127 Å². The lowest BCUT2D eigenvalue weighted by molar-refractivity contribution is -0.115. The van der Waals surface area contributed by atoms with Gasteiger partial charge in [0, 0.05) is 5.69 Å². The van der Waals surface area contributed by atoms with Gasteiger partial charge in [0.05, 0.1) is 18.2 Å². The Morgan fingerprint density at radius 2 is 2.18 bits per heavy atom. The van der Waals surface area contributed by atoms with Crippen molar-refractivity contribution in [2.45, 2.75) is 33.2 Å². The zero-order valence-corrected chi connectivity index (χ0v) is 12.7. The van der Waals surface area contributed by atoms with Crippen LogP contribution in [0.1, 0.15) is 45.9 Å². The number of aryl methyl sites for hydroxylation is 2. The number of hydrogen-bond acceptors (Lipinski definition) is 4. The molecule has 1 aromatic heterocycles. The fourth-order valence-corrected chi connectivity index (χ4v) is 2.68. The number of nitrogens with one attached hydrogen (secondary N) is 2. The van der Waals surface area contributed by atoms with Crippen LogP contribution in [0.2, 0.25) is 0 Å². The van der Waals surface area contributed by atoms with Crippen molar-refractivity contribution < 1.29 is 14.1 Å². The lowest BCUT2D eigenvalue weighted by Gasteiger charge is -2.15. The van der Waals surface area contributed by atoms with E-state index in [0.717, 1.165) is 16.8 Å². The molecule has 0 saturated heterocycles. The number of carbonyl (C=O) groups is 2. The Morgan fingerprint density at radius 1 is 1.41 bits per heavy atom. The average molecular weight is 299 g/mol. The van der Waals surface area contributed by atoms with E-state index in [9.17, 15) is 9.59 Å². The highest BCUT2D eigenvalue weighted by Crippen LogP contribution is 2.26. The first-order chi connectivity index (χ1) is 10.5. The summed E-state index contributed by atoms with van der Waals surface area (Å²) >= 11 is 0. The van der Waals surface area contributed by atoms with Gasteiger partial charge >= 0.3 is 0 Å². The zero-order valence-electron chi connectivity index (χ0n) is 12.7. The van der Waals surface area contributed by atoms with E-state index in [-0.39, 0.29) is 17.9 Å². The van der Waals surface area contributed by atoms with Gasteiger partial charge in [-0.2, -0.15) is 0 Å². The highest BCUT2D eigenvalue weighted by molar-refractivity contribution is 5.99. The molecule has 1 aliphatic heterocycles. The smallest absolute Gasteiger partial charge is 0.257 e. The molecule has 6 nitrogen and oxygen atoms in total. The van der Waals surface area contributed by atoms with Crippen molar-refractivity contribution in [1.29, 1.82) is 0 Å². The van der Waals surface area contributed by atoms with Gasteiger partial charge in [0.1, 0.15) is 11.3 Å². The number of nitrogens with zero attached hydrogens (tertiary/aromatic N) is 1. The molecule has 22 heavy (non-hydrogen) atoms. The van der Waals surface area contributed by atoms with Crippen molar-refractivity contribution in [3.05, 3.63) is 46.3 Å². The van der Waals surface area contributed by atoms with E-state index in [4.69, 9.17) is 4.52 Å². The Hall–Kier alpha value is -2.63. The maximum Gasteiger partial charge on any atom is 0.257 e. The van der Waals surface area contributed by atoms with E-state index in [0.29, 0.717) is 23.4 Å². The van der Waals surface area contributed by atoms with Crippen molar-refractivity contribution >= 4 is 17.5 Å². The highest BCUT2D eigenvalue weighted by atomic mass is 16.5. The largest absolute Gasteiger partial charge is 0.361 e. The second-order valence-electron chi connectivity index (χ2n) is 5.54. The van der Waals surface area contributed by atoms with Crippen LogP contribution >= 0.6 is 0 Å². The Morgan fingerprint density at radius 3 is 2.86 bits per heavy atom. The minimum absolute atomic E-state index is 0.000408. The molecule has 0 spiro atoms. The molecule has 0 fully saturated rings. The van der Waals surface area contributed by atoms with E-state index >= 15 is 0 Å². The summed E-state index contributed by atoms with van der Waals surface area (Å²) in [7, 11) is 0. The van der Waals surface area contributed by atoms with E-state index in [1.807, 2.05) is 25.1 Å². The van der Waals surface area contributed by atoms with Gasteiger partial charge < -0.3 is 15.2 Å². The SMILES string of the molecule is Cc1noc(C)c1C(=O)NC(C)c1ccc2c(c1)CC(=O)N2. The van der Waals surface area contributed by atoms with Crippen LogP contribution in [0.15, 0.2) is 22.7 Å². The molecule has 2 N–H and O–H groups in total. The van der Waals surface area contributed by atoms with Gasteiger partial charge in [0.15, 0.2) is 0 Å². The fraction of sp³-hybridized carbons (Fsp3) is 0.312. The minimum atomic E-state index is -0.210. The van der Waals surface area contributed by atoms with E-state index in [1.165, 1.54) is 0 Å². The van der Waals surface area contributed by atoms with Crippen LogP contribution in [-0.4, -0.2) is 17.0 Å². The lowest BCUT2D eigenvalue weighted by Crippen LogP contribution is -2.27. The van der Waals surface area contributed by atoms with Gasteiger partial charge in [0.2, 0.25) is 5.91 Å². The van der Waals surface area contributed by atoms with Crippen LogP contribution in [0.3, 0.4) is 0 Å². The molecule has 0 aliphatic carbocycles. The molecule has 2 aromatic rings. The van der Waals surface area contributed by atoms with Gasteiger partial charge in [-0.3, -0.25) is 9.59 Å². The van der Waals surface area contributed by atoms with Gasteiger partial charge in [-0.05, 0) is 38.0 Å². The summed E-state index contributed by atoms with van der Waals surface area (Å²) in [6.07, 6.45) is 0.383. The summed E-state index contributed by atoms with van der Waals surface area (Å²) < 4.78 is 5.02. The second-order valence-corrected chi connectivity index (χ2v) is 5.54. The normalized spacial score (nSPS) is 14.4. The summed E-state index contributed by atoms with van der Waals surface area (Å²) in [4.78, 5) is 23.7. The standard InChI is InChI=1S/C16H17N3O3/c1-8(17-16(21)15-9(2)19-22-10(15)3)11-4-5-13-12(6-11)7-14(20)18-13/h4-6,8H,7H2,1-3H3,(H,17,21)(H,18,20). The maximum absolute atomic E-state index is 12.3. The molecular weight excluding hydrogens is 282 g/mol. The van der Waals surface area contributed by atoms with Gasteiger partial charge in [-0.1, -0.05) is 17.3 Å². The zero-order chi connectivity index (χ0) is 15.9. The summed E-state index contributed by atoms with van der Waals surface area (Å²) in [5, 5.41) is 9.52. The molecular formula is C16H17N3O3. The number of amides is 2. The predicted octanol–water partition coefficient (Wildman–Crippen LogP) is 2.28. The molecule has 0 bridgehead atoms. The number of benzene rings is 1. The molecule has 3 rings (SSSR count). The van der Waals surface area contributed by atoms with Crippen molar-refractivity contribution in [3.63, 3.8) is 0 Å². The molecule has 1 atom stereocenters. The fourth-order valence-electron chi connectivity index (χ4n) is 2.68. The minimum Gasteiger partial charge on any atom is -0.361 e. The first-order valence-corrected chi connectivity index (χ1v) is 7.12. The van der Waals surface area contributed by atoms with Crippen LogP contribution < -0.4 is 10.6 Å². The Balaban J connectivity index is 1.78. The molecule has 1 unspecified atom stereocenters. The Kier molecular flexibility index (Phi) is 3.44. The maximum atomic E-state index is 12.3. The third-order valence-electron chi connectivity index (χ3n) is 3.86. The summed E-state index contributed by atoms with van der Waals surface area (Å²) in [6, 6.07) is 5.55. The summed E-state index contributed by atoms with van der Waals surface area (Å²) in [5.74, 6) is 0.295. The number of anilines is 1. The third kappa shape index (κ3) is 2.47. The molecule has 1 aliphatic rings. The lowest BCUT2D eigenvalue weighted by atomic mass is 10.0. The van der Waals surface area contributed by atoms with Crippen LogP contribution in [0.25, 0.3) is 0 Å². The average Bonchev–Trinajstić information content (AvgIpc) is 2.99. The van der Waals surface area contributed by atoms with E-state index in [2.05, 4.69) is 15.8 Å². The first-order valence-electron chi connectivity index (χ1n) is 7.12. The summed E-state index contributed by atoms with van der Waals surface area (Å²) in [6.45, 7) is 5.36. The first kappa shape index (κ1) is 14.3. The molecule has 2 amide bonds. The Bertz CT molecular complexity index is 744. The predicted molar refractivity (Wildman–Crippen MR) is 80.6 cm³/mol. The topological polar surface area (TPSA) is 84.2 Å². The van der Waals surface area contributed by atoms with Crippen LogP contribution in [0.5, 0.6) is 0 Å². The number of hydrogen-bond donors (Lipinski definition) is 2. The second kappa shape index (κ2) is 5.29. The van der Waals surface area contributed by atoms with Crippen LogP contribution in [-0.2, 0) is 11.2 Å². The quantitative estimate of drug-likeness (QED) is 0.910. The molecule has 6 heteroatoms. The molecule has 0 saturated carbocycles. The van der Waals surface area contributed by atoms with Crippen LogP contribution in [0.4, 0.5) is 5.69 Å². The van der Waals surface area contributed by atoms with Crippen molar-refractivity contribution in [3.8, 4) is 0 Å². The van der Waals surface area contributed by atoms with Crippen molar-refractivity contribution in [1.82, 2.24) is 10.5 Å². The number of rotatable bonds is 3. The van der Waals surface area contributed by atoms with E-state index < -0.39 is 0 Å². The van der Waals surface area contributed by atoms with Gasteiger partial charge in [0.25, 0.3) is 5.91 Å².